The van der Waals surface area contributed by atoms with E-state index in [1.165, 1.54) is 12.4 Å². The van der Waals surface area contributed by atoms with Gasteiger partial charge >= 0.3 is 0 Å². The highest BCUT2D eigenvalue weighted by atomic mass is 16.2. The Bertz CT molecular complexity index is 515. The molecule has 0 radical (unpaired) electrons. The van der Waals surface area contributed by atoms with Crippen LogP contribution in [0.5, 0.6) is 0 Å². The number of carbonyl (C=O) groups is 1. The molecule has 0 aromatic carbocycles. The summed E-state index contributed by atoms with van der Waals surface area (Å²) in [4.78, 5) is 19.7. The van der Waals surface area contributed by atoms with Crippen LogP contribution in [0.2, 0.25) is 0 Å². The number of anilines is 2. The first-order chi connectivity index (χ1) is 8.29. The monoisotopic (exact) mass is 230 g/mol. The van der Waals surface area contributed by atoms with E-state index in [0.29, 0.717) is 5.82 Å². The summed E-state index contributed by atoms with van der Waals surface area (Å²) in [5, 5.41) is 12.6. The summed E-state index contributed by atoms with van der Waals surface area (Å²) in [7, 11) is 1.73. The Kier molecular flexibility index (Phi) is 3.20. The number of carbonyl (C=O) groups excluding carboxylic acids is 1. The van der Waals surface area contributed by atoms with Gasteiger partial charge in [-0.3, -0.25) is 10.1 Å². The Morgan fingerprint density at radius 3 is 2.88 bits per heavy atom. The molecule has 0 fully saturated rings. The first-order valence-electron chi connectivity index (χ1n) is 4.89. The van der Waals surface area contributed by atoms with Crippen LogP contribution in [0.3, 0.4) is 0 Å². The topological polar surface area (TPSA) is 92.7 Å². The van der Waals surface area contributed by atoms with Crippen molar-refractivity contribution in [1.82, 2.24) is 20.2 Å². The maximum Gasteiger partial charge on any atom is 0.276 e. The van der Waals surface area contributed by atoms with Crippen molar-refractivity contribution in [1.29, 1.82) is 0 Å². The van der Waals surface area contributed by atoms with Gasteiger partial charge in [0, 0.05) is 7.05 Å². The van der Waals surface area contributed by atoms with Crippen LogP contribution >= 0.6 is 0 Å². The zero-order valence-corrected chi connectivity index (χ0v) is 9.08. The number of hydrogen-bond acceptors (Lipinski definition) is 6. The number of nitrogens with one attached hydrogen (secondary N) is 2. The van der Waals surface area contributed by atoms with E-state index in [2.05, 4.69) is 30.8 Å². The number of nitrogens with zero attached hydrogens (tertiary/aromatic N) is 4. The van der Waals surface area contributed by atoms with Crippen LogP contribution in [-0.4, -0.2) is 33.1 Å². The van der Waals surface area contributed by atoms with Crippen molar-refractivity contribution in [3.63, 3.8) is 0 Å². The van der Waals surface area contributed by atoms with Gasteiger partial charge in [-0.15, -0.1) is 5.10 Å². The summed E-state index contributed by atoms with van der Waals surface area (Å²) in [5.41, 5.74) is 0.282. The second-order valence-corrected chi connectivity index (χ2v) is 3.08. The molecule has 2 rings (SSSR count). The van der Waals surface area contributed by atoms with Crippen molar-refractivity contribution in [2.45, 2.75) is 0 Å². The summed E-state index contributed by atoms with van der Waals surface area (Å²) < 4.78 is 0. The molecule has 0 atom stereocenters. The summed E-state index contributed by atoms with van der Waals surface area (Å²) in [6.45, 7) is 0. The molecule has 0 spiro atoms. The maximum atomic E-state index is 11.8. The standard InChI is InChI=1S/C10H10N6O/c1-11-8-4-2-3-7(14-8)9(17)15-10-12-5-6-13-16-10/h2-6H,1H3,(H,11,14)(H,12,15,16,17). The summed E-state index contributed by atoms with van der Waals surface area (Å²) in [6.07, 6.45) is 2.87. The Hall–Kier alpha value is -2.57. The third-order valence-electron chi connectivity index (χ3n) is 1.95. The second kappa shape index (κ2) is 4.97. The third kappa shape index (κ3) is 2.71. The van der Waals surface area contributed by atoms with Crippen molar-refractivity contribution in [3.8, 4) is 0 Å². The number of rotatable bonds is 3. The molecule has 0 aliphatic rings. The first kappa shape index (κ1) is 10.9. The lowest BCUT2D eigenvalue weighted by Crippen LogP contribution is -2.16. The molecule has 0 aliphatic carbocycles. The number of amides is 1. The zero-order valence-electron chi connectivity index (χ0n) is 9.08. The van der Waals surface area contributed by atoms with Gasteiger partial charge in [0.2, 0.25) is 5.95 Å². The molecule has 0 saturated carbocycles. The van der Waals surface area contributed by atoms with E-state index in [0.717, 1.165) is 0 Å². The molecule has 0 saturated heterocycles. The Morgan fingerprint density at radius 1 is 1.29 bits per heavy atom. The van der Waals surface area contributed by atoms with E-state index in [-0.39, 0.29) is 17.5 Å². The lowest BCUT2D eigenvalue weighted by atomic mass is 10.3. The number of pyridine rings is 1. The minimum absolute atomic E-state index is 0.147. The lowest BCUT2D eigenvalue weighted by Gasteiger charge is -2.03. The largest absolute Gasteiger partial charge is 0.373 e. The Labute approximate surface area is 97.3 Å². The number of hydrogen-bond donors (Lipinski definition) is 2. The van der Waals surface area contributed by atoms with Crippen LogP contribution in [0.1, 0.15) is 10.5 Å². The normalized spacial score (nSPS) is 9.71. The average Bonchev–Trinajstić information content (AvgIpc) is 2.40. The molecular weight excluding hydrogens is 220 g/mol. The fourth-order valence-electron chi connectivity index (χ4n) is 1.17. The predicted molar refractivity (Wildman–Crippen MR) is 61.6 cm³/mol. The molecule has 2 aromatic rings. The minimum atomic E-state index is -0.380. The molecular formula is C10H10N6O. The van der Waals surface area contributed by atoms with Crippen LogP contribution in [-0.2, 0) is 0 Å². The van der Waals surface area contributed by atoms with Crippen molar-refractivity contribution < 1.29 is 4.79 Å². The quantitative estimate of drug-likeness (QED) is 0.800. The van der Waals surface area contributed by atoms with E-state index in [1.54, 1.807) is 25.2 Å². The first-order valence-corrected chi connectivity index (χ1v) is 4.89. The molecule has 2 N–H and O–H groups in total. The van der Waals surface area contributed by atoms with Crippen LogP contribution in [0.25, 0.3) is 0 Å². The SMILES string of the molecule is CNc1cccc(C(=O)Nc2nccnn2)n1. The molecule has 0 aliphatic heterocycles. The smallest absolute Gasteiger partial charge is 0.276 e. The van der Waals surface area contributed by atoms with E-state index >= 15 is 0 Å². The van der Waals surface area contributed by atoms with Crippen LogP contribution in [0.4, 0.5) is 11.8 Å². The average molecular weight is 230 g/mol. The fourth-order valence-corrected chi connectivity index (χ4v) is 1.17. The molecule has 2 aromatic heterocycles. The predicted octanol–water partition coefficient (Wildman–Crippen LogP) is 0.561. The van der Waals surface area contributed by atoms with E-state index in [1.807, 2.05) is 0 Å². The fraction of sp³-hybridized carbons (Fsp3) is 0.100. The second-order valence-electron chi connectivity index (χ2n) is 3.08. The highest BCUT2D eigenvalue weighted by molar-refractivity contribution is 6.01. The van der Waals surface area contributed by atoms with Crippen LogP contribution in [0.15, 0.2) is 30.6 Å². The van der Waals surface area contributed by atoms with Gasteiger partial charge in [-0.1, -0.05) is 6.07 Å². The molecule has 7 nitrogen and oxygen atoms in total. The van der Waals surface area contributed by atoms with Crippen molar-refractivity contribution in [2.75, 3.05) is 17.7 Å². The van der Waals surface area contributed by atoms with Gasteiger partial charge in [-0.2, -0.15) is 5.10 Å². The van der Waals surface area contributed by atoms with Crippen molar-refractivity contribution in [3.05, 3.63) is 36.3 Å². The molecule has 17 heavy (non-hydrogen) atoms. The summed E-state index contributed by atoms with van der Waals surface area (Å²) in [5.74, 6) is 0.383. The van der Waals surface area contributed by atoms with E-state index < -0.39 is 0 Å². The Morgan fingerprint density at radius 2 is 2.18 bits per heavy atom. The maximum absolute atomic E-state index is 11.8. The van der Waals surface area contributed by atoms with Gasteiger partial charge in [0.05, 0.1) is 12.4 Å². The third-order valence-corrected chi connectivity index (χ3v) is 1.95. The number of aromatic nitrogens is 4. The Balaban J connectivity index is 2.14. The van der Waals surface area contributed by atoms with Crippen LogP contribution < -0.4 is 10.6 Å². The molecule has 0 bridgehead atoms. The van der Waals surface area contributed by atoms with Gasteiger partial charge in [0.25, 0.3) is 5.91 Å². The van der Waals surface area contributed by atoms with Gasteiger partial charge in [-0.05, 0) is 12.1 Å². The highest BCUT2D eigenvalue weighted by Gasteiger charge is 2.09. The van der Waals surface area contributed by atoms with E-state index in [4.69, 9.17) is 0 Å². The summed E-state index contributed by atoms with van der Waals surface area (Å²) in [6, 6.07) is 5.10. The van der Waals surface area contributed by atoms with Crippen molar-refractivity contribution in [2.24, 2.45) is 0 Å². The van der Waals surface area contributed by atoms with E-state index in [9.17, 15) is 4.79 Å². The van der Waals surface area contributed by atoms with Gasteiger partial charge in [-0.25, -0.2) is 9.97 Å². The zero-order chi connectivity index (χ0) is 12.1. The summed E-state index contributed by atoms with van der Waals surface area (Å²) >= 11 is 0. The highest BCUT2D eigenvalue weighted by Crippen LogP contribution is 2.05. The minimum Gasteiger partial charge on any atom is -0.373 e. The lowest BCUT2D eigenvalue weighted by molar-refractivity contribution is 0.102. The molecule has 86 valence electrons. The van der Waals surface area contributed by atoms with Gasteiger partial charge in [0.15, 0.2) is 0 Å². The molecule has 7 heteroatoms. The van der Waals surface area contributed by atoms with Crippen LogP contribution in [0, 0.1) is 0 Å². The molecule has 2 heterocycles. The van der Waals surface area contributed by atoms with Gasteiger partial charge < -0.3 is 5.32 Å². The molecule has 1 amide bonds. The van der Waals surface area contributed by atoms with Gasteiger partial charge in [0.1, 0.15) is 11.5 Å². The molecule has 0 unspecified atom stereocenters. The van der Waals surface area contributed by atoms with Crippen molar-refractivity contribution >= 4 is 17.7 Å².